The molecule has 0 bridgehead atoms. The Balaban J connectivity index is 1.42. The van der Waals surface area contributed by atoms with Gasteiger partial charge in [0, 0.05) is 32.1 Å². The zero-order valence-corrected chi connectivity index (χ0v) is 18.7. The number of rotatable bonds is 7. The minimum Gasteiger partial charge on any atom is -0.355 e. The van der Waals surface area contributed by atoms with E-state index in [-0.39, 0.29) is 16.7 Å². The van der Waals surface area contributed by atoms with Crippen LogP contribution in [0.2, 0.25) is 0 Å². The SMILES string of the molecule is C[C@@H](CNC(=O)CC1CCN(S(=O)(=O)c2cccc(F)c2)CC1)N1CCCCCC1. The van der Waals surface area contributed by atoms with Crippen molar-refractivity contribution in [2.75, 3.05) is 32.7 Å². The van der Waals surface area contributed by atoms with Crippen molar-refractivity contribution in [2.45, 2.75) is 62.8 Å². The Kier molecular flexibility index (Phi) is 8.25. The first-order chi connectivity index (χ1) is 14.4. The van der Waals surface area contributed by atoms with Crippen molar-refractivity contribution in [3.8, 4) is 0 Å². The van der Waals surface area contributed by atoms with Crippen molar-refractivity contribution < 1.29 is 17.6 Å². The van der Waals surface area contributed by atoms with E-state index >= 15 is 0 Å². The molecule has 2 saturated heterocycles. The molecule has 30 heavy (non-hydrogen) atoms. The molecule has 2 fully saturated rings. The fourth-order valence-corrected chi connectivity index (χ4v) is 5.89. The fraction of sp³-hybridized carbons (Fsp3) is 0.682. The van der Waals surface area contributed by atoms with Crippen LogP contribution in [0.3, 0.4) is 0 Å². The van der Waals surface area contributed by atoms with Crippen LogP contribution in [0.5, 0.6) is 0 Å². The number of hydrogen-bond donors (Lipinski definition) is 1. The lowest BCUT2D eigenvalue weighted by molar-refractivity contribution is -0.122. The highest BCUT2D eigenvalue weighted by Crippen LogP contribution is 2.26. The van der Waals surface area contributed by atoms with Gasteiger partial charge in [0.1, 0.15) is 5.82 Å². The van der Waals surface area contributed by atoms with E-state index in [2.05, 4.69) is 17.1 Å². The van der Waals surface area contributed by atoms with E-state index in [0.29, 0.717) is 44.9 Å². The molecule has 0 radical (unpaired) electrons. The summed E-state index contributed by atoms with van der Waals surface area (Å²) >= 11 is 0. The maximum Gasteiger partial charge on any atom is 0.243 e. The van der Waals surface area contributed by atoms with Gasteiger partial charge in [-0.1, -0.05) is 18.9 Å². The molecule has 1 aromatic rings. The van der Waals surface area contributed by atoms with Crippen molar-refractivity contribution in [2.24, 2.45) is 5.92 Å². The van der Waals surface area contributed by atoms with Crippen LogP contribution in [0, 0.1) is 11.7 Å². The topological polar surface area (TPSA) is 69.7 Å². The summed E-state index contributed by atoms with van der Waals surface area (Å²) in [6.45, 7) is 5.76. The summed E-state index contributed by atoms with van der Waals surface area (Å²) in [4.78, 5) is 14.8. The number of sulfonamides is 1. The molecule has 6 nitrogen and oxygen atoms in total. The molecule has 0 aliphatic carbocycles. The highest BCUT2D eigenvalue weighted by molar-refractivity contribution is 7.89. The molecule has 3 rings (SSSR count). The van der Waals surface area contributed by atoms with Gasteiger partial charge in [-0.25, -0.2) is 12.8 Å². The molecule has 168 valence electrons. The average Bonchev–Trinajstić information content (AvgIpc) is 3.02. The Morgan fingerprint density at radius 1 is 1.13 bits per heavy atom. The second-order valence-corrected chi connectivity index (χ2v) is 10.6. The fourth-order valence-electron chi connectivity index (χ4n) is 4.39. The first-order valence-electron chi connectivity index (χ1n) is 11.1. The number of nitrogens with zero attached hydrogens (tertiary/aromatic N) is 2. The van der Waals surface area contributed by atoms with Crippen LogP contribution in [0.4, 0.5) is 4.39 Å². The minimum absolute atomic E-state index is 0.0128. The third kappa shape index (κ3) is 6.25. The minimum atomic E-state index is -3.69. The number of likely N-dealkylation sites (tertiary alicyclic amines) is 1. The predicted octanol–water partition coefficient (Wildman–Crippen LogP) is 3.00. The molecule has 2 heterocycles. The standard InChI is InChI=1S/C22H34FN3O3S/c1-18(25-11-4-2-3-5-12-25)17-24-22(27)15-19-9-13-26(14-10-19)30(28,29)21-8-6-7-20(23)16-21/h6-8,16,18-19H,2-5,9-15,17H2,1H3,(H,24,27)/t18-/m0/s1. The molecule has 8 heteroatoms. The summed E-state index contributed by atoms with van der Waals surface area (Å²) in [6, 6.07) is 5.46. The Morgan fingerprint density at radius 3 is 2.43 bits per heavy atom. The van der Waals surface area contributed by atoms with Crippen molar-refractivity contribution in [1.29, 1.82) is 0 Å². The first kappa shape index (κ1) is 23.2. The van der Waals surface area contributed by atoms with E-state index < -0.39 is 15.8 Å². The number of carbonyl (C=O) groups is 1. The van der Waals surface area contributed by atoms with Gasteiger partial charge in [-0.05, 0) is 69.8 Å². The highest BCUT2D eigenvalue weighted by Gasteiger charge is 2.30. The number of piperidine rings is 1. The lowest BCUT2D eigenvalue weighted by atomic mass is 9.94. The van der Waals surface area contributed by atoms with E-state index in [9.17, 15) is 17.6 Å². The Bertz CT molecular complexity index is 802. The van der Waals surface area contributed by atoms with E-state index in [1.54, 1.807) is 0 Å². The van der Waals surface area contributed by atoms with Crippen LogP contribution >= 0.6 is 0 Å². The molecule has 0 saturated carbocycles. The molecule has 1 aromatic carbocycles. The van der Waals surface area contributed by atoms with E-state index in [1.165, 1.54) is 48.2 Å². The van der Waals surface area contributed by atoms with E-state index in [0.717, 1.165) is 19.2 Å². The summed E-state index contributed by atoms with van der Waals surface area (Å²) in [5.74, 6) is -0.336. The van der Waals surface area contributed by atoms with Crippen LogP contribution in [-0.2, 0) is 14.8 Å². The molecule has 2 aliphatic rings. The average molecular weight is 440 g/mol. The third-order valence-electron chi connectivity index (χ3n) is 6.34. The second-order valence-electron chi connectivity index (χ2n) is 8.61. The van der Waals surface area contributed by atoms with Gasteiger partial charge >= 0.3 is 0 Å². The van der Waals surface area contributed by atoms with Gasteiger partial charge in [-0.15, -0.1) is 0 Å². The van der Waals surface area contributed by atoms with Crippen LogP contribution in [0.25, 0.3) is 0 Å². The molecular weight excluding hydrogens is 405 g/mol. The predicted molar refractivity (Wildman–Crippen MR) is 115 cm³/mol. The Morgan fingerprint density at radius 2 is 1.80 bits per heavy atom. The van der Waals surface area contributed by atoms with Crippen LogP contribution in [0.1, 0.15) is 51.9 Å². The zero-order valence-electron chi connectivity index (χ0n) is 17.9. The lowest BCUT2D eigenvalue weighted by Crippen LogP contribution is -2.43. The van der Waals surface area contributed by atoms with Crippen molar-refractivity contribution in [3.05, 3.63) is 30.1 Å². The van der Waals surface area contributed by atoms with Gasteiger partial charge in [0.2, 0.25) is 15.9 Å². The number of amides is 1. The molecule has 1 N–H and O–H groups in total. The Hall–Kier alpha value is -1.51. The maximum absolute atomic E-state index is 13.4. The van der Waals surface area contributed by atoms with Gasteiger partial charge in [0.05, 0.1) is 4.90 Å². The van der Waals surface area contributed by atoms with Gasteiger partial charge in [0.25, 0.3) is 0 Å². The molecule has 2 aliphatic heterocycles. The monoisotopic (exact) mass is 439 g/mol. The molecule has 1 amide bonds. The maximum atomic E-state index is 13.4. The molecule has 0 aromatic heterocycles. The normalized spacial score (nSPS) is 21.1. The summed E-state index contributed by atoms with van der Waals surface area (Å²) < 4.78 is 40.2. The molecule has 1 atom stereocenters. The van der Waals surface area contributed by atoms with E-state index in [4.69, 9.17) is 0 Å². The molecule has 0 unspecified atom stereocenters. The van der Waals surface area contributed by atoms with Crippen molar-refractivity contribution in [1.82, 2.24) is 14.5 Å². The zero-order chi connectivity index (χ0) is 21.6. The van der Waals surface area contributed by atoms with Crippen LogP contribution in [0.15, 0.2) is 29.2 Å². The highest BCUT2D eigenvalue weighted by atomic mass is 32.2. The number of carbonyl (C=O) groups excluding carboxylic acids is 1. The quantitative estimate of drug-likeness (QED) is 0.709. The van der Waals surface area contributed by atoms with Crippen LogP contribution in [-0.4, -0.2) is 62.3 Å². The van der Waals surface area contributed by atoms with E-state index in [1.807, 2.05) is 0 Å². The third-order valence-corrected chi connectivity index (χ3v) is 8.23. The number of nitrogens with one attached hydrogen (secondary N) is 1. The summed E-state index contributed by atoms with van der Waals surface area (Å²) in [5, 5.41) is 3.07. The molecule has 0 spiro atoms. The smallest absolute Gasteiger partial charge is 0.243 e. The lowest BCUT2D eigenvalue weighted by Gasteiger charge is -2.31. The number of hydrogen-bond acceptors (Lipinski definition) is 4. The van der Waals surface area contributed by atoms with Crippen molar-refractivity contribution in [3.63, 3.8) is 0 Å². The number of benzene rings is 1. The van der Waals surface area contributed by atoms with Gasteiger partial charge < -0.3 is 5.32 Å². The second kappa shape index (κ2) is 10.7. The number of halogens is 1. The largest absolute Gasteiger partial charge is 0.355 e. The van der Waals surface area contributed by atoms with Gasteiger partial charge in [-0.2, -0.15) is 4.31 Å². The van der Waals surface area contributed by atoms with Crippen molar-refractivity contribution >= 4 is 15.9 Å². The Labute approximate surface area is 179 Å². The first-order valence-corrected chi connectivity index (χ1v) is 12.6. The summed E-state index contributed by atoms with van der Waals surface area (Å²) in [6.07, 6.45) is 6.77. The van der Waals surface area contributed by atoms with Crippen LogP contribution < -0.4 is 5.32 Å². The van der Waals surface area contributed by atoms with Gasteiger partial charge in [0.15, 0.2) is 0 Å². The van der Waals surface area contributed by atoms with Gasteiger partial charge in [-0.3, -0.25) is 9.69 Å². The summed E-state index contributed by atoms with van der Waals surface area (Å²) in [5.41, 5.74) is 0. The molecular formula is C22H34FN3O3S. The summed E-state index contributed by atoms with van der Waals surface area (Å²) in [7, 11) is -3.69.